The molecule has 1 heterocycles. The summed E-state index contributed by atoms with van der Waals surface area (Å²) in [5.41, 5.74) is 0.562. The molecule has 0 saturated carbocycles. The van der Waals surface area contributed by atoms with E-state index in [9.17, 15) is 14.4 Å². The zero-order valence-electron chi connectivity index (χ0n) is 12.7. The maximum Gasteiger partial charge on any atom is 0.328 e. The molecule has 0 aliphatic rings. The first-order valence-corrected chi connectivity index (χ1v) is 7.44. The average molecular weight is 321 g/mol. The summed E-state index contributed by atoms with van der Waals surface area (Å²) in [6.45, 7) is 5.64. The first-order chi connectivity index (χ1) is 10.4. The van der Waals surface area contributed by atoms with E-state index in [1.54, 1.807) is 32.0 Å². The summed E-state index contributed by atoms with van der Waals surface area (Å²) in [4.78, 5) is 39.0. The van der Waals surface area contributed by atoms with Gasteiger partial charge in [-0.15, -0.1) is 0 Å². The number of nitrogens with one attached hydrogen (secondary N) is 1. The molecular weight excluding hydrogens is 304 g/mol. The van der Waals surface area contributed by atoms with Gasteiger partial charge in [0.15, 0.2) is 0 Å². The van der Waals surface area contributed by atoms with Crippen LogP contribution < -0.4 is 11.2 Å². The Morgan fingerprint density at radius 3 is 2.45 bits per heavy atom. The van der Waals surface area contributed by atoms with Gasteiger partial charge in [-0.2, -0.15) is 0 Å². The molecule has 0 aliphatic carbocycles. The van der Waals surface area contributed by atoms with E-state index in [2.05, 4.69) is 4.98 Å². The second-order valence-corrected chi connectivity index (χ2v) is 5.47. The zero-order chi connectivity index (χ0) is 16.4. The number of hydrogen-bond acceptors (Lipinski definition) is 3. The molecule has 1 aromatic heterocycles. The molecule has 0 aliphatic heterocycles. The number of aromatic amines is 1. The minimum atomic E-state index is -0.577. The Labute approximate surface area is 132 Å². The Balaban J connectivity index is 2.77. The molecule has 1 N–H and O–H groups in total. The lowest BCUT2D eigenvalue weighted by Gasteiger charge is -2.13. The zero-order valence-corrected chi connectivity index (χ0v) is 13.5. The Kier molecular flexibility index (Phi) is 4.66. The van der Waals surface area contributed by atoms with E-state index in [0.29, 0.717) is 29.1 Å². The first kappa shape index (κ1) is 16.2. The molecule has 1 aromatic carbocycles. The maximum atomic E-state index is 12.8. The number of aromatic nitrogens is 2. The van der Waals surface area contributed by atoms with E-state index in [1.165, 1.54) is 4.57 Å². The van der Waals surface area contributed by atoms with Crippen LogP contribution >= 0.6 is 11.6 Å². The highest BCUT2D eigenvalue weighted by Gasteiger charge is 2.21. The molecule has 22 heavy (non-hydrogen) atoms. The fraction of sp³-hybridized carbons (Fsp3) is 0.312. The van der Waals surface area contributed by atoms with Gasteiger partial charge in [-0.3, -0.25) is 19.1 Å². The highest BCUT2D eigenvalue weighted by atomic mass is 35.5. The van der Waals surface area contributed by atoms with Crippen LogP contribution in [0.5, 0.6) is 0 Å². The molecule has 2 aromatic rings. The summed E-state index contributed by atoms with van der Waals surface area (Å²) in [5, 5.41) is 0.441. The van der Waals surface area contributed by atoms with Crippen LogP contribution in [0.15, 0.2) is 27.8 Å². The molecular formula is C16H17ClN2O3. The lowest BCUT2D eigenvalue weighted by atomic mass is 10.0. The number of rotatable bonds is 4. The number of halogens is 1. The number of ketones is 1. The third-order valence-corrected chi connectivity index (χ3v) is 3.70. The molecule has 0 amide bonds. The van der Waals surface area contributed by atoms with Crippen LogP contribution in [0, 0.1) is 6.92 Å². The Bertz CT molecular complexity index is 793. The van der Waals surface area contributed by atoms with E-state index < -0.39 is 11.2 Å². The topological polar surface area (TPSA) is 71.9 Å². The standard InChI is InChI=1S/C16H17ClN2O3/c1-4-12-13(19(5-2)16(22)18-15(12)21)14(20)10-6-9(3)7-11(17)8-10/h6-8H,4-5H2,1-3H3,(H,18,21,22). The lowest BCUT2D eigenvalue weighted by molar-refractivity contribution is 0.102. The fourth-order valence-corrected chi connectivity index (χ4v) is 2.80. The SMILES string of the molecule is CCc1c(C(=O)c2cc(C)cc(Cl)c2)n(CC)c(=O)[nH]c1=O. The van der Waals surface area contributed by atoms with E-state index in [-0.39, 0.29) is 11.5 Å². The van der Waals surface area contributed by atoms with Crippen molar-refractivity contribution in [3.05, 3.63) is 66.4 Å². The quantitative estimate of drug-likeness (QED) is 0.879. The van der Waals surface area contributed by atoms with Crippen LogP contribution in [-0.4, -0.2) is 15.3 Å². The van der Waals surface area contributed by atoms with Crippen LogP contribution in [0.2, 0.25) is 5.02 Å². The van der Waals surface area contributed by atoms with Crippen LogP contribution in [0.25, 0.3) is 0 Å². The predicted octanol–water partition coefficient (Wildman–Crippen LogP) is 2.31. The van der Waals surface area contributed by atoms with Crippen molar-refractivity contribution in [1.82, 2.24) is 9.55 Å². The molecule has 116 valence electrons. The number of benzene rings is 1. The molecule has 5 nitrogen and oxygen atoms in total. The molecule has 6 heteroatoms. The first-order valence-electron chi connectivity index (χ1n) is 7.06. The van der Waals surface area contributed by atoms with Crippen molar-refractivity contribution < 1.29 is 4.79 Å². The molecule has 0 fully saturated rings. The minimum Gasteiger partial charge on any atom is -0.290 e. The van der Waals surface area contributed by atoms with Gasteiger partial charge in [0.2, 0.25) is 5.78 Å². The number of carbonyl (C=O) groups excluding carboxylic acids is 1. The van der Waals surface area contributed by atoms with Crippen molar-refractivity contribution in [2.24, 2.45) is 0 Å². The summed E-state index contributed by atoms with van der Waals surface area (Å²) in [7, 11) is 0. The van der Waals surface area contributed by atoms with E-state index >= 15 is 0 Å². The van der Waals surface area contributed by atoms with Gasteiger partial charge in [-0.1, -0.05) is 18.5 Å². The average Bonchev–Trinajstić information content (AvgIpc) is 2.44. The maximum absolute atomic E-state index is 12.8. The third-order valence-electron chi connectivity index (χ3n) is 3.48. The van der Waals surface area contributed by atoms with E-state index in [4.69, 9.17) is 11.6 Å². The minimum absolute atomic E-state index is 0.139. The van der Waals surface area contributed by atoms with Gasteiger partial charge in [-0.25, -0.2) is 4.79 Å². The summed E-state index contributed by atoms with van der Waals surface area (Å²) < 4.78 is 1.29. The van der Waals surface area contributed by atoms with Gasteiger partial charge in [0.1, 0.15) is 5.69 Å². The van der Waals surface area contributed by atoms with E-state index in [0.717, 1.165) is 5.56 Å². The Morgan fingerprint density at radius 1 is 1.23 bits per heavy atom. The second-order valence-electron chi connectivity index (χ2n) is 5.03. The number of carbonyl (C=O) groups is 1. The monoisotopic (exact) mass is 320 g/mol. The highest BCUT2D eigenvalue weighted by Crippen LogP contribution is 2.18. The van der Waals surface area contributed by atoms with Crippen LogP contribution in [0.4, 0.5) is 0 Å². The number of hydrogen-bond donors (Lipinski definition) is 1. The number of nitrogens with zero attached hydrogens (tertiary/aromatic N) is 1. The Hall–Kier alpha value is -2.14. The molecule has 0 atom stereocenters. The lowest BCUT2D eigenvalue weighted by Crippen LogP contribution is -2.37. The van der Waals surface area contributed by atoms with Crippen molar-refractivity contribution in [2.45, 2.75) is 33.7 Å². The van der Waals surface area contributed by atoms with Gasteiger partial charge < -0.3 is 0 Å². The fourth-order valence-electron chi connectivity index (χ4n) is 2.51. The highest BCUT2D eigenvalue weighted by molar-refractivity contribution is 6.31. The summed E-state index contributed by atoms with van der Waals surface area (Å²) in [5.74, 6) is -0.368. The summed E-state index contributed by atoms with van der Waals surface area (Å²) in [6.07, 6.45) is 0.357. The van der Waals surface area contributed by atoms with Crippen LogP contribution in [0.3, 0.4) is 0 Å². The summed E-state index contributed by atoms with van der Waals surface area (Å²) in [6, 6.07) is 4.98. The van der Waals surface area contributed by atoms with Crippen molar-refractivity contribution in [2.75, 3.05) is 0 Å². The van der Waals surface area contributed by atoms with Gasteiger partial charge in [0, 0.05) is 22.7 Å². The predicted molar refractivity (Wildman–Crippen MR) is 86.0 cm³/mol. The second kappa shape index (κ2) is 6.32. The normalized spacial score (nSPS) is 10.7. The number of H-pyrrole nitrogens is 1. The molecule has 0 bridgehead atoms. The molecule has 0 spiro atoms. The van der Waals surface area contributed by atoms with Gasteiger partial charge >= 0.3 is 5.69 Å². The van der Waals surface area contributed by atoms with Crippen molar-refractivity contribution in [3.8, 4) is 0 Å². The molecule has 2 rings (SSSR count). The van der Waals surface area contributed by atoms with Crippen molar-refractivity contribution in [1.29, 1.82) is 0 Å². The van der Waals surface area contributed by atoms with Gasteiger partial charge in [0.25, 0.3) is 5.56 Å². The molecule has 0 unspecified atom stereocenters. The molecule has 0 saturated heterocycles. The molecule has 0 radical (unpaired) electrons. The summed E-state index contributed by atoms with van der Waals surface area (Å²) >= 11 is 6.00. The van der Waals surface area contributed by atoms with Crippen molar-refractivity contribution in [3.63, 3.8) is 0 Å². The Morgan fingerprint density at radius 2 is 1.91 bits per heavy atom. The van der Waals surface area contributed by atoms with Gasteiger partial charge in [0.05, 0.1) is 0 Å². The van der Waals surface area contributed by atoms with Crippen LogP contribution in [-0.2, 0) is 13.0 Å². The van der Waals surface area contributed by atoms with Crippen molar-refractivity contribution >= 4 is 17.4 Å². The third kappa shape index (κ3) is 2.90. The number of aryl methyl sites for hydroxylation is 1. The van der Waals surface area contributed by atoms with Gasteiger partial charge in [-0.05, 0) is 44.0 Å². The van der Waals surface area contributed by atoms with E-state index in [1.807, 2.05) is 6.92 Å². The largest absolute Gasteiger partial charge is 0.328 e. The smallest absolute Gasteiger partial charge is 0.290 e. The van der Waals surface area contributed by atoms with Crippen LogP contribution in [0.1, 0.15) is 41.0 Å².